The molecule has 1 aromatic carbocycles. The number of aromatic nitrogens is 3. The number of carbonyl (C=O) groups excluding carboxylic acids is 1. The lowest BCUT2D eigenvalue weighted by Crippen LogP contribution is -2.37. The van der Waals surface area contributed by atoms with E-state index in [-0.39, 0.29) is 45.4 Å². The number of aromatic amines is 1. The van der Waals surface area contributed by atoms with E-state index in [9.17, 15) is 14.9 Å². The number of anilines is 1. The van der Waals surface area contributed by atoms with Crippen LogP contribution in [0.4, 0.5) is 17.1 Å². The summed E-state index contributed by atoms with van der Waals surface area (Å²) < 4.78 is 7.48. The summed E-state index contributed by atoms with van der Waals surface area (Å²) in [6, 6.07) is 5.08. The summed E-state index contributed by atoms with van der Waals surface area (Å²) in [7, 11) is 0. The van der Waals surface area contributed by atoms with Crippen LogP contribution in [0.3, 0.4) is 0 Å². The molecule has 0 bridgehead atoms. The van der Waals surface area contributed by atoms with Crippen LogP contribution < -0.4 is 4.90 Å². The first-order valence-corrected chi connectivity index (χ1v) is 13.0. The number of esters is 1. The van der Waals surface area contributed by atoms with Gasteiger partial charge in [-0.3, -0.25) is 19.7 Å². The van der Waals surface area contributed by atoms with Gasteiger partial charge in [-0.1, -0.05) is 20.8 Å². The summed E-state index contributed by atoms with van der Waals surface area (Å²) in [6.45, 7) is 15.6. The molecule has 0 radical (unpaired) electrons. The van der Waals surface area contributed by atoms with Gasteiger partial charge >= 0.3 is 5.97 Å². The fourth-order valence-corrected chi connectivity index (χ4v) is 6.16. The molecule has 2 aliphatic rings. The number of nitro groups is 1. The fraction of sp³-hybridized carbons (Fsp3) is 0.519. The molecule has 37 heavy (non-hydrogen) atoms. The van der Waals surface area contributed by atoms with Crippen molar-refractivity contribution in [3.8, 4) is 11.4 Å². The average Bonchev–Trinajstić information content (AvgIpc) is 3.44. The van der Waals surface area contributed by atoms with Crippen LogP contribution in [0.5, 0.6) is 0 Å². The molecule has 3 aromatic rings. The van der Waals surface area contributed by atoms with Crippen LogP contribution >= 0.6 is 0 Å². The van der Waals surface area contributed by atoms with Crippen molar-refractivity contribution in [2.24, 2.45) is 17.8 Å². The predicted octanol–water partition coefficient (Wildman–Crippen LogP) is 6.01. The van der Waals surface area contributed by atoms with Crippen LogP contribution in [0.2, 0.25) is 0 Å². The molecule has 2 aromatic heterocycles. The van der Waals surface area contributed by atoms with Gasteiger partial charge in [0.2, 0.25) is 5.69 Å². The van der Waals surface area contributed by atoms with Crippen LogP contribution in [0.25, 0.3) is 21.9 Å². The minimum atomic E-state index is -0.559. The highest BCUT2D eigenvalue weighted by molar-refractivity contribution is 6.03. The number of hydrogen-bond acceptors (Lipinski definition) is 6. The molecule has 1 saturated carbocycles. The molecule has 1 saturated heterocycles. The van der Waals surface area contributed by atoms with E-state index < -0.39 is 5.97 Å². The fourth-order valence-electron chi connectivity index (χ4n) is 6.16. The molecule has 2 atom stereocenters. The molecule has 10 heteroatoms. The molecule has 194 valence electrons. The van der Waals surface area contributed by atoms with Gasteiger partial charge in [0.05, 0.1) is 11.5 Å². The van der Waals surface area contributed by atoms with Gasteiger partial charge in [0.25, 0.3) is 5.69 Å². The van der Waals surface area contributed by atoms with E-state index in [0.717, 1.165) is 45.2 Å². The largest absolute Gasteiger partial charge is 0.459 e. The predicted molar refractivity (Wildman–Crippen MR) is 140 cm³/mol. The van der Waals surface area contributed by atoms with Gasteiger partial charge in [0, 0.05) is 30.9 Å². The third-order valence-electron chi connectivity index (χ3n) is 7.78. The summed E-state index contributed by atoms with van der Waals surface area (Å²) in [4.78, 5) is 35.0. The standard InChI is InChI=1S/C27H32N6O4/c1-16-12-17(2)24(18(3)13-16)37-27(34)23-20(28-4)15-32-26(23)29-25(30-32)19-8-9-21(22(14-19)33(35)36)31-10-6-5-7-11-31/h8-9,14-18,24H,5-7,10-13H2,1-3H3,(H,29,30). The number of nitrogens with zero attached hydrogens (tertiary/aromatic N) is 5. The van der Waals surface area contributed by atoms with Crippen molar-refractivity contribution in [3.05, 3.63) is 51.5 Å². The third-order valence-corrected chi connectivity index (χ3v) is 7.78. The maximum Gasteiger partial charge on any atom is 0.331 e. The Labute approximate surface area is 215 Å². The number of nitrogens with one attached hydrogen (secondary N) is 1. The summed E-state index contributed by atoms with van der Waals surface area (Å²) in [6.07, 6.45) is 6.44. The first-order valence-electron chi connectivity index (χ1n) is 13.0. The van der Waals surface area contributed by atoms with E-state index in [4.69, 9.17) is 11.3 Å². The van der Waals surface area contributed by atoms with Gasteiger partial charge in [-0.05, 0) is 62.0 Å². The Morgan fingerprint density at radius 3 is 2.54 bits per heavy atom. The number of benzene rings is 1. The molecule has 3 heterocycles. The summed E-state index contributed by atoms with van der Waals surface area (Å²) in [5.74, 6) is 0.856. The highest BCUT2D eigenvalue weighted by Crippen LogP contribution is 2.38. The van der Waals surface area contributed by atoms with Crippen LogP contribution in [-0.4, -0.2) is 44.7 Å². The zero-order valence-corrected chi connectivity index (χ0v) is 21.4. The van der Waals surface area contributed by atoms with Crippen molar-refractivity contribution in [1.29, 1.82) is 0 Å². The smallest absolute Gasteiger partial charge is 0.331 e. The quantitative estimate of drug-likeness (QED) is 0.197. The lowest BCUT2D eigenvalue weighted by Gasteiger charge is -2.37. The maximum absolute atomic E-state index is 13.3. The molecule has 1 aliphatic heterocycles. The summed E-state index contributed by atoms with van der Waals surface area (Å²) in [5.41, 5.74) is 1.72. The normalized spacial score (nSPS) is 24.1. The van der Waals surface area contributed by atoms with Gasteiger partial charge in [0.1, 0.15) is 17.4 Å². The van der Waals surface area contributed by atoms with Gasteiger partial charge in [-0.2, -0.15) is 0 Å². The Morgan fingerprint density at radius 2 is 1.89 bits per heavy atom. The molecular weight excluding hydrogens is 472 g/mol. The summed E-state index contributed by atoms with van der Waals surface area (Å²) >= 11 is 0. The number of ether oxygens (including phenoxy) is 1. The van der Waals surface area contributed by atoms with Crippen LogP contribution in [0, 0.1) is 34.4 Å². The lowest BCUT2D eigenvalue weighted by atomic mass is 9.75. The third kappa shape index (κ3) is 4.66. The first kappa shape index (κ1) is 24.8. The van der Waals surface area contributed by atoms with Crippen molar-refractivity contribution in [2.45, 2.75) is 59.0 Å². The molecule has 2 unspecified atom stereocenters. The SMILES string of the molecule is [C-]#[N+]c1cn2[nH]c(-c3ccc(N4CCCCC4)c([N+](=O)[O-])c3)nc2c1C(=O)OC1C(C)CC(C)CC1C. The molecule has 5 rings (SSSR count). The first-order chi connectivity index (χ1) is 17.8. The monoisotopic (exact) mass is 504 g/mol. The maximum atomic E-state index is 13.3. The minimum absolute atomic E-state index is 0.0245. The minimum Gasteiger partial charge on any atom is -0.459 e. The number of fused-ring (bicyclic) bond motifs is 1. The number of rotatable bonds is 5. The number of nitro benzene ring substituents is 1. The van der Waals surface area contributed by atoms with E-state index in [1.165, 1.54) is 16.8 Å². The lowest BCUT2D eigenvalue weighted by molar-refractivity contribution is -0.384. The highest BCUT2D eigenvalue weighted by atomic mass is 16.6. The van der Waals surface area contributed by atoms with Gasteiger partial charge in [-0.25, -0.2) is 14.6 Å². The van der Waals surface area contributed by atoms with E-state index in [0.29, 0.717) is 23.0 Å². The second kappa shape index (κ2) is 9.88. The second-order valence-corrected chi connectivity index (χ2v) is 10.7. The van der Waals surface area contributed by atoms with E-state index >= 15 is 0 Å². The number of H-pyrrole nitrogens is 1. The van der Waals surface area contributed by atoms with Gasteiger partial charge < -0.3 is 9.64 Å². The number of hydrogen-bond donors (Lipinski definition) is 1. The molecule has 2 fully saturated rings. The van der Waals surface area contributed by atoms with Crippen molar-refractivity contribution < 1.29 is 14.5 Å². The van der Waals surface area contributed by atoms with Gasteiger partial charge in [-0.15, -0.1) is 0 Å². The molecule has 1 N–H and O–H groups in total. The number of carbonyl (C=O) groups is 1. The van der Waals surface area contributed by atoms with Crippen LogP contribution in [0.15, 0.2) is 24.4 Å². The summed E-state index contributed by atoms with van der Waals surface area (Å²) in [5, 5.41) is 15.0. The van der Waals surface area contributed by atoms with Crippen molar-refractivity contribution in [3.63, 3.8) is 0 Å². The Kier molecular flexibility index (Phi) is 6.63. The van der Waals surface area contributed by atoms with Gasteiger partial charge in [0.15, 0.2) is 11.5 Å². The average molecular weight is 505 g/mol. The van der Waals surface area contributed by atoms with Crippen LogP contribution in [-0.2, 0) is 4.74 Å². The Bertz CT molecular complexity index is 1370. The Balaban J connectivity index is 1.47. The molecule has 1 aliphatic carbocycles. The topological polar surface area (TPSA) is 110 Å². The Morgan fingerprint density at radius 1 is 1.19 bits per heavy atom. The zero-order chi connectivity index (χ0) is 26.3. The molecular formula is C27H32N6O4. The Hall–Kier alpha value is -3.87. The molecule has 10 nitrogen and oxygen atoms in total. The second-order valence-electron chi connectivity index (χ2n) is 10.7. The van der Waals surface area contributed by atoms with Crippen molar-refractivity contribution in [1.82, 2.24) is 14.6 Å². The zero-order valence-electron chi connectivity index (χ0n) is 21.4. The number of piperidine rings is 1. The molecule has 0 spiro atoms. The van der Waals surface area contributed by atoms with Crippen LogP contribution in [0.1, 0.15) is 63.2 Å². The molecule has 0 amide bonds. The highest BCUT2D eigenvalue weighted by Gasteiger charge is 2.35. The van der Waals surface area contributed by atoms with E-state index in [1.54, 1.807) is 12.1 Å². The van der Waals surface area contributed by atoms with Crippen molar-refractivity contribution in [2.75, 3.05) is 18.0 Å². The van der Waals surface area contributed by atoms with Crippen molar-refractivity contribution >= 4 is 28.7 Å². The van der Waals surface area contributed by atoms with E-state index in [1.807, 2.05) is 0 Å². The van der Waals surface area contributed by atoms with E-state index in [2.05, 4.69) is 40.6 Å².